The second kappa shape index (κ2) is 6.40. The maximum Gasteiger partial charge on any atom is 0.305 e. The van der Waals surface area contributed by atoms with Crippen LogP contribution in [0, 0.1) is 6.92 Å². The summed E-state index contributed by atoms with van der Waals surface area (Å²) in [5.74, 6) is -0.596. The van der Waals surface area contributed by atoms with Crippen LogP contribution in [0.2, 0.25) is 0 Å². The van der Waals surface area contributed by atoms with Gasteiger partial charge in [0.25, 0.3) is 0 Å². The molecule has 2 heterocycles. The SMILES string of the molecule is Cc1c(C(=O)NNC(=O)Cc2c[nH]c3ccccc23)oc2ccccc12. The van der Waals surface area contributed by atoms with Gasteiger partial charge in [-0.3, -0.25) is 20.4 Å². The molecule has 2 amide bonds. The van der Waals surface area contributed by atoms with Crippen LogP contribution in [-0.2, 0) is 11.2 Å². The van der Waals surface area contributed by atoms with Gasteiger partial charge in [-0.2, -0.15) is 0 Å². The van der Waals surface area contributed by atoms with E-state index in [1.165, 1.54) is 0 Å². The normalized spacial score (nSPS) is 11.0. The number of rotatable bonds is 3. The maximum atomic E-state index is 12.3. The Morgan fingerprint density at radius 1 is 1.00 bits per heavy atom. The highest BCUT2D eigenvalue weighted by Gasteiger charge is 2.18. The Kier molecular flexibility index (Phi) is 3.93. The number of carbonyl (C=O) groups excluding carboxylic acids is 2. The van der Waals surface area contributed by atoms with E-state index in [2.05, 4.69) is 15.8 Å². The van der Waals surface area contributed by atoms with Crippen LogP contribution in [0.25, 0.3) is 21.9 Å². The summed E-state index contributed by atoms with van der Waals surface area (Å²) in [4.78, 5) is 27.6. The molecular weight excluding hydrogens is 330 g/mol. The summed E-state index contributed by atoms with van der Waals surface area (Å²) < 4.78 is 5.59. The van der Waals surface area contributed by atoms with Gasteiger partial charge < -0.3 is 9.40 Å². The van der Waals surface area contributed by atoms with E-state index in [1.54, 1.807) is 12.3 Å². The fourth-order valence-electron chi connectivity index (χ4n) is 3.07. The third-order valence-corrected chi connectivity index (χ3v) is 4.39. The maximum absolute atomic E-state index is 12.3. The molecular formula is C20H17N3O3. The fourth-order valence-corrected chi connectivity index (χ4v) is 3.07. The molecule has 0 radical (unpaired) electrons. The van der Waals surface area contributed by atoms with Crippen LogP contribution in [0.15, 0.2) is 59.1 Å². The molecule has 26 heavy (non-hydrogen) atoms. The zero-order valence-corrected chi connectivity index (χ0v) is 14.1. The van der Waals surface area contributed by atoms with Gasteiger partial charge in [0, 0.05) is 28.0 Å². The smallest absolute Gasteiger partial charge is 0.305 e. The Morgan fingerprint density at radius 3 is 2.54 bits per heavy atom. The lowest BCUT2D eigenvalue weighted by Crippen LogP contribution is -2.42. The van der Waals surface area contributed by atoms with E-state index in [9.17, 15) is 9.59 Å². The molecule has 2 aromatic heterocycles. The van der Waals surface area contributed by atoms with Crippen LogP contribution in [0.3, 0.4) is 0 Å². The van der Waals surface area contributed by atoms with Crippen molar-refractivity contribution in [3.8, 4) is 0 Å². The number of hydrazine groups is 1. The first-order chi connectivity index (χ1) is 12.6. The second-order valence-corrected chi connectivity index (χ2v) is 6.09. The van der Waals surface area contributed by atoms with E-state index >= 15 is 0 Å². The minimum atomic E-state index is -0.481. The molecule has 0 aliphatic heterocycles. The quantitative estimate of drug-likeness (QED) is 0.497. The van der Waals surface area contributed by atoms with Crippen molar-refractivity contribution in [3.63, 3.8) is 0 Å². The molecule has 0 saturated heterocycles. The van der Waals surface area contributed by atoms with Crippen molar-refractivity contribution in [1.82, 2.24) is 15.8 Å². The van der Waals surface area contributed by atoms with Gasteiger partial charge in [-0.05, 0) is 24.6 Å². The van der Waals surface area contributed by atoms with Crippen LogP contribution in [0.1, 0.15) is 21.7 Å². The molecule has 0 aliphatic rings. The summed E-state index contributed by atoms with van der Waals surface area (Å²) in [6.45, 7) is 1.81. The lowest BCUT2D eigenvalue weighted by atomic mass is 10.1. The molecule has 0 spiro atoms. The summed E-state index contributed by atoms with van der Waals surface area (Å²) in [7, 11) is 0. The van der Waals surface area contributed by atoms with E-state index < -0.39 is 5.91 Å². The summed E-state index contributed by atoms with van der Waals surface area (Å²) in [6.07, 6.45) is 1.96. The van der Waals surface area contributed by atoms with Crippen molar-refractivity contribution in [3.05, 3.63) is 71.6 Å². The average molecular weight is 347 g/mol. The van der Waals surface area contributed by atoms with Gasteiger partial charge in [0.15, 0.2) is 5.76 Å². The number of nitrogens with one attached hydrogen (secondary N) is 3. The van der Waals surface area contributed by atoms with Crippen LogP contribution >= 0.6 is 0 Å². The molecule has 2 aromatic carbocycles. The molecule has 0 bridgehead atoms. The number of benzene rings is 2. The standard InChI is InChI=1S/C20H17N3O3/c1-12-14-6-3-5-9-17(14)26-19(12)20(25)23-22-18(24)10-13-11-21-16-8-4-2-7-15(13)16/h2-9,11,21H,10H2,1H3,(H,22,24)(H,23,25). The molecule has 0 saturated carbocycles. The number of aryl methyl sites for hydroxylation is 1. The first kappa shape index (κ1) is 16.0. The molecule has 0 unspecified atom stereocenters. The number of fused-ring (bicyclic) bond motifs is 2. The Hall–Kier alpha value is -3.54. The first-order valence-electron chi connectivity index (χ1n) is 8.26. The number of para-hydroxylation sites is 2. The topological polar surface area (TPSA) is 87.1 Å². The minimum Gasteiger partial charge on any atom is -0.451 e. The summed E-state index contributed by atoms with van der Waals surface area (Å²) in [6, 6.07) is 15.2. The van der Waals surface area contributed by atoms with Gasteiger partial charge >= 0.3 is 5.91 Å². The molecule has 0 atom stereocenters. The average Bonchev–Trinajstić information content (AvgIpc) is 3.22. The molecule has 4 rings (SSSR count). The number of hydrogen-bond donors (Lipinski definition) is 3. The Labute approximate surface area is 149 Å². The highest BCUT2D eigenvalue weighted by molar-refractivity contribution is 5.99. The predicted octanol–water partition coefficient (Wildman–Crippen LogP) is 3.23. The summed E-state index contributed by atoms with van der Waals surface area (Å²) >= 11 is 0. The third-order valence-electron chi connectivity index (χ3n) is 4.39. The number of aromatic amines is 1. The van der Waals surface area contributed by atoms with E-state index in [0.29, 0.717) is 5.58 Å². The van der Waals surface area contributed by atoms with Crippen molar-refractivity contribution in [1.29, 1.82) is 0 Å². The lowest BCUT2D eigenvalue weighted by Gasteiger charge is -2.06. The number of amides is 2. The van der Waals surface area contributed by atoms with Crippen LogP contribution in [0.5, 0.6) is 0 Å². The zero-order chi connectivity index (χ0) is 18.1. The van der Waals surface area contributed by atoms with Crippen molar-refractivity contribution in [2.45, 2.75) is 13.3 Å². The zero-order valence-electron chi connectivity index (χ0n) is 14.1. The van der Waals surface area contributed by atoms with Gasteiger partial charge in [-0.15, -0.1) is 0 Å². The molecule has 4 aromatic rings. The van der Waals surface area contributed by atoms with Crippen LogP contribution in [-0.4, -0.2) is 16.8 Å². The largest absolute Gasteiger partial charge is 0.451 e. The van der Waals surface area contributed by atoms with E-state index in [4.69, 9.17) is 4.42 Å². The van der Waals surface area contributed by atoms with Crippen LogP contribution in [0.4, 0.5) is 0 Å². The summed E-state index contributed by atoms with van der Waals surface area (Å²) in [5, 5.41) is 1.87. The van der Waals surface area contributed by atoms with Gasteiger partial charge in [0.1, 0.15) is 5.58 Å². The van der Waals surface area contributed by atoms with Crippen molar-refractivity contribution in [2.24, 2.45) is 0 Å². The Morgan fingerprint density at radius 2 is 1.73 bits per heavy atom. The van der Waals surface area contributed by atoms with E-state index in [1.807, 2.05) is 49.4 Å². The number of hydrogen-bond acceptors (Lipinski definition) is 3. The molecule has 3 N–H and O–H groups in total. The van der Waals surface area contributed by atoms with Gasteiger partial charge in [-0.25, -0.2) is 0 Å². The van der Waals surface area contributed by atoms with Gasteiger partial charge in [0.2, 0.25) is 5.91 Å². The first-order valence-corrected chi connectivity index (χ1v) is 8.26. The minimum absolute atomic E-state index is 0.156. The molecule has 6 heteroatoms. The van der Waals surface area contributed by atoms with Gasteiger partial charge in [0.05, 0.1) is 6.42 Å². The molecule has 6 nitrogen and oxygen atoms in total. The van der Waals surface area contributed by atoms with Crippen molar-refractivity contribution < 1.29 is 14.0 Å². The predicted molar refractivity (Wildman–Crippen MR) is 98.6 cm³/mol. The van der Waals surface area contributed by atoms with Crippen molar-refractivity contribution in [2.75, 3.05) is 0 Å². The van der Waals surface area contributed by atoms with E-state index in [-0.39, 0.29) is 18.1 Å². The van der Waals surface area contributed by atoms with Crippen molar-refractivity contribution >= 4 is 33.7 Å². The second-order valence-electron chi connectivity index (χ2n) is 6.09. The third kappa shape index (κ3) is 2.82. The van der Waals surface area contributed by atoms with E-state index in [0.717, 1.165) is 27.4 Å². The lowest BCUT2D eigenvalue weighted by molar-refractivity contribution is -0.121. The molecule has 0 fully saturated rings. The Balaban J connectivity index is 1.43. The number of aromatic nitrogens is 1. The number of furan rings is 1. The highest BCUT2D eigenvalue weighted by atomic mass is 16.3. The Bertz CT molecular complexity index is 1120. The molecule has 0 aliphatic carbocycles. The fraction of sp³-hybridized carbons (Fsp3) is 0.100. The summed E-state index contributed by atoms with van der Waals surface area (Å²) in [5.41, 5.74) is 8.08. The number of H-pyrrole nitrogens is 1. The van der Waals surface area contributed by atoms with Crippen LogP contribution < -0.4 is 10.9 Å². The highest BCUT2D eigenvalue weighted by Crippen LogP contribution is 2.24. The molecule has 130 valence electrons. The number of carbonyl (C=O) groups is 2. The van der Waals surface area contributed by atoms with Gasteiger partial charge in [-0.1, -0.05) is 36.4 Å². The monoisotopic (exact) mass is 347 g/mol.